The van der Waals surface area contributed by atoms with Crippen LogP contribution in [0.5, 0.6) is 0 Å². The molecule has 0 aliphatic heterocycles. The van der Waals surface area contributed by atoms with Crippen molar-refractivity contribution in [1.29, 1.82) is 0 Å². The van der Waals surface area contributed by atoms with Gasteiger partial charge in [-0.05, 0) is 19.4 Å². The molecule has 74 valence electrons. The van der Waals surface area contributed by atoms with Gasteiger partial charge in [-0.1, -0.05) is 0 Å². The normalized spacial score (nSPS) is 10.8. The van der Waals surface area contributed by atoms with Crippen molar-refractivity contribution in [3.63, 3.8) is 0 Å². The Kier molecular flexibility index (Phi) is 1.80. The Balaban J connectivity index is 2.61. The first-order valence-corrected chi connectivity index (χ1v) is 4.40. The molecule has 2 heterocycles. The third-order valence-corrected chi connectivity index (χ3v) is 2.17. The summed E-state index contributed by atoms with van der Waals surface area (Å²) in [5, 5.41) is 8.42. The van der Waals surface area contributed by atoms with Gasteiger partial charge in [-0.2, -0.15) is 10.2 Å². The van der Waals surface area contributed by atoms with E-state index in [1.54, 1.807) is 15.6 Å². The number of hydrogen-bond acceptors (Lipinski definition) is 3. The maximum Gasteiger partial charge on any atom is 0.175 e. The summed E-state index contributed by atoms with van der Waals surface area (Å²) in [6.45, 7) is 3.87. The Labute approximate surface area is 82.1 Å². The molecule has 0 bridgehead atoms. The maximum atomic E-state index is 5.90. The van der Waals surface area contributed by atoms with E-state index in [1.165, 1.54) is 0 Å². The van der Waals surface area contributed by atoms with Crippen LogP contribution >= 0.6 is 0 Å². The lowest BCUT2D eigenvalue weighted by atomic mass is 10.4. The second-order valence-electron chi connectivity index (χ2n) is 3.41. The molecule has 2 rings (SSSR count). The average Bonchev–Trinajstić information content (AvgIpc) is 2.60. The number of nitrogen functional groups attached to an aromatic ring is 1. The van der Waals surface area contributed by atoms with E-state index in [4.69, 9.17) is 5.73 Å². The van der Waals surface area contributed by atoms with Gasteiger partial charge in [-0.15, -0.1) is 0 Å². The highest BCUT2D eigenvalue weighted by atomic mass is 15.4. The predicted octanol–water partition coefficient (Wildman–Crippen LogP) is 0.805. The number of nitrogens with two attached hydrogens (primary N) is 1. The standard InChI is InChI=1S/C9H13N5/c1-6-4-11-14(5-6)9-8(10)7(2)12-13(9)3/h4-5H,10H2,1-3H3. The Hall–Kier alpha value is -1.78. The molecular weight excluding hydrogens is 178 g/mol. The van der Waals surface area contributed by atoms with Crippen molar-refractivity contribution in [1.82, 2.24) is 19.6 Å². The Morgan fingerprint density at radius 2 is 2.07 bits per heavy atom. The van der Waals surface area contributed by atoms with Crippen LogP contribution in [-0.4, -0.2) is 19.6 Å². The quantitative estimate of drug-likeness (QED) is 0.725. The lowest BCUT2D eigenvalue weighted by molar-refractivity contribution is 0.694. The third kappa shape index (κ3) is 1.17. The highest BCUT2D eigenvalue weighted by Crippen LogP contribution is 2.19. The van der Waals surface area contributed by atoms with E-state index in [0.29, 0.717) is 5.69 Å². The van der Waals surface area contributed by atoms with Crippen LogP contribution in [0.3, 0.4) is 0 Å². The van der Waals surface area contributed by atoms with Crippen LogP contribution in [0, 0.1) is 13.8 Å². The first kappa shape index (κ1) is 8.80. The minimum absolute atomic E-state index is 0.676. The van der Waals surface area contributed by atoms with Gasteiger partial charge in [-0.3, -0.25) is 0 Å². The lowest BCUT2D eigenvalue weighted by Gasteiger charge is -2.02. The second-order valence-corrected chi connectivity index (χ2v) is 3.41. The fraction of sp³-hybridized carbons (Fsp3) is 0.333. The highest BCUT2D eigenvalue weighted by molar-refractivity contribution is 5.56. The van der Waals surface area contributed by atoms with E-state index in [1.807, 2.05) is 27.1 Å². The summed E-state index contributed by atoms with van der Waals surface area (Å²) in [7, 11) is 1.86. The second kappa shape index (κ2) is 2.87. The molecule has 0 unspecified atom stereocenters. The molecular formula is C9H13N5. The number of rotatable bonds is 1. The van der Waals surface area contributed by atoms with E-state index in [-0.39, 0.29) is 0 Å². The molecule has 0 saturated carbocycles. The molecule has 14 heavy (non-hydrogen) atoms. The molecule has 0 atom stereocenters. The van der Waals surface area contributed by atoms with Crippen LogP contribution in [0.25, 0.3) is 5.82 Å². The van der Waals surface area contributed by atoms with E-state index < -0.39 is 0 Å². The summed E-state index contributed by atoms with van der Waals surface area (Å²) < 4.78 is 3.47. The zero-order valence-corrected chi connectivity index (χ0v) is 8.52. The number of anilines is 1. The molecule has 2 N–H and O–H groups in total. The van der Waals surface area contributed by atoms with Gasteiger partial charge in [0.15, 0.2) is 5.82 Å². The molecule has 0 saturated heterocycles. The number of hydrogen-bond donors (Lipinski definition) is 1. The predicted molar refractivity (Wildman–Crippen MR) is 54.2 cm³/mol. The number of aromatic nitrogens is 4. The van der Waals surface area contributed by atoms with Crippen LogP contribution in [0.4, 0.5) is 5.69 Å². The van der Waals surface area contributed by atoms with Crippen LogP contribution < -0.4 is 5.73 Å². The number of aryl methyl sites for hydroxylation is 3. The molecule has 0 aliphatic carbocycles. The summed E-state index contributed by atoms with van der Waals surface area (Å²) in [4.78, 5) is 0. The largest absolute Gasteiger partial charge is 0.394 e. The third-order valence-electron chi connectivity index (χ3n) is 2.17. The molecule has 0 amide bonds. The van der Waals surface area contributed by atoms with E-state index in [0.717, 1.165) is 17.1 Å². The SMILES string of the molecule is Cc1cnn(-c2c(N)c(C)nn2C)c1. The zero-order valence-electron chi connectivity index (χ0n) is 8.52. The van der Waals surface area contributed by atoms with Gasteiger partial charge >= 0.3 is 0 Å². The van der Waals surface area contributed by atoms with Gasteiger partial charge < -0.3 is 5.73 Å². The van der Waals surface area contributed by atoms with E-state index in [9.17, 15) is 0 Å². The molecule has 2 aromatic heterocycles. The molecule has 2 aromatic rings. The van der Waals surface area contributed by atoms with Gasteiger partial charge in [0.25, 0.3) is 0 Å². The van der Waals surface area contributed by atoms with E-state index >= 15 is 0 Å². The van der Waals surface area contributed by atoms with Crippen molar-refractivity contribution in [2.45, 2.75) is 13.8 Å². The summed E-state index contributed by atoms with van der Waals surface area (Å²) in [5.41, 5.74) is 8.51. The van der Waals surface area contributed by atoms with Crippen LogP contribution in [-0.2, 0) is 7.05 Å². The van der Waals surface area contributed by atoms with Crippen molar-refractivity contribution in [2.75, 3.05) is 5.73 Å². The Morgan fingerprint density at radius 1 is 1.36 bits per heavy atom. The van der Waals surface area contributed by atoms with Crippen molar-refractivity contribution in [2.24, 2.45) is 7.05 Å². The molecule has 0 fully saturated rings. The van der Waals surface area contributed by atoms with Crippen molar-refractivity contribution >= 4 is 5.69 Å². The Morgan fingerprint density at radius 3 is 2.50 bits per heavy atom. The van der Waals surface area contributed by atoms with Gasteiger partial charge in [0, 0.05) is 13.2 Å². The highest BCUT2D eigenvalue weighted by Gasteiger charge is 2.11. The maximum absolute atomic E-state index is 5.90. The molecule has 5 heteroatoms. The van der Waals surface area contributed by atoms with Crippen molar-refractivity contribution in [3.05, 3.63) is 23.7 Å². The molecule has 5 nitrogen and oxygen atoms in total. The first-order chi connectivity index (χ1) is 6.59. The summed E-state index contributed by atoms with van der Waals surface area (Å²) >= 11 is 0. The van der Waals surface area contributed by atoms with Crippen molar-refractivity contribution < 1.29 is 0 Å². The number of nitrogens with zero attached hydrogens (tertiary/aromatic N) is 4. The Bertz CT molecular complexity index is 466. The fourth-order valence-corrected chi connectivity index (χ4v) is 1.46. The fourth-order valence-electron chi connectivity index (χ4n) is 1.46. The van der Waals surface area contributed by atoms with Crippen LogP contribution in [0.15, 0.2) is 12.4 Å². The van der Waals surface area contributed by atoms with Gasteiger partial charge in [0.05, 0.1) is 17.6 Å². The molecule has 0 radical (unpaired) electrons. The van der Waals surface area contributed by atoms with Crippen LogP contribution in [0.1, 0.15) is 11.3 Å². The van der Waals surface area contributed by atoms with E-state index in [2.05, 4.69) is 10.2 Å². The molecule has 0 aliphatic rings. The zero-order chi connectivity index (χ0) is 10.3. The topological polar surface area (TPSA) is 61.7 Å². The van der Waals surface area contributed by atoms with Gasteiger partial charge in [-0.25, -0.2) is 9.36 Å². The minimum Gasteiger partial charge on any atom is -0.394 e. The summed E-state index contributed by atoms with van der Waals surface area (Å²) in [6.07, 6.45) is 3.72. The first-order valence-electron chi connectivity index (χ1n) is 4.40. The summed E-state index contributed by atoms with van der Waals surface area (Å²) in [5.74, 6) is 0.815. The van der Waals surface area contributed by atoms with Crippen LogP contribution in [0.2, 0.25) is 0 Å². The molecule has 0 aromatic carbocycles. The summed E-state index contributed by atoms with van der Waals surface area (Å²) in [6, 6.07) is 0. The van der Waals surface area contributed by atoms with Gasteiger partial charge in [0.1, 0.15) is 0 Å². The molecule has 0 spiro atoms. The average molecular weight is 191 g/mol. The smallest absolute Gasteiger partial charge is 0.175 e. The van der Waals surface area contributed by atoms with Crippen molar-refractivity contribution in [3.8, 4) is 5.82 Å². The lowest BCUT2D eigenvalue weighted by Crippen LogP contribution is -2.05. The minimum atomic E-state index is 0.676. The van der Waals surface area contributed by atoms with Gasteiger partial charge in [0.2, 0.25) is 0 Å². The monoisotopic (exact) mass is 191 g/mol.